The Morgan fingerprint density at radius 2 is 2.05 bits per heavy atom. The summed E-state index contributed by atoms with van der Waals surface area (Å²) in [6.07, 6.45) is 0.633. The first-order valence-electron chi connectivity index (χ1n) is 5.66. The van der Waals surface area contributed by atoms with Gasteiger partial charge in [0.15, 0.2) is 17.3 Å². The number of nitriles is 1. The van der Waals surface area contributed by atoms with Crippen molar-refractivity contribution >= 4 is 0 Å². The average Bonchev–Trinajstić information content (AvgIpc) is 2.86. The smallest absolute Gasteiger partial charge is 0.231 e. The molecule has 0 amide bonds. The van der Waals surface area contributed by atoms with Gasteiger partial charge in [-0.3, -0.25) is 0 Å². The van der Waals surface area contributed by atoms with Crippen LogP contribution in [-0.2, 0) is 12.8 Å². The lowest BCUT2D eigenvalue weighted by Crippen LogP contribution is -1.94. The second-order valence-corrected chi connectivity index (χ2v) is 3.81. The lowest BCUT2D eigenvalue weighted by Gasteiger charge is -2.08. The van der Waals surface area contributed by atoms with E-state index in [9.17, 15) is 0 Å². The molecule has 0 N–H and O–H groups in total. The third-order valence-corrected chi connectivity index (χ3v) is 2.55. The molecule has 0 aliphatic carbocycles. The minimum atomic E-state index is 0.148. The van der Waals surface area contributed by atoms with Gasteiger partial charge in [-0.15, -0.1) is 0 Å². The summed E-state index contributed by atoms with van der Waals surface area (Å²) in [5.41, 5.74) is 0.963. The van der Waals surface area contributed by atoms with Crippen LogP contribution in [0.3, 0.4) is 0 Å². The van der Waals surface area contributed by atoms with E-state index >= 15 is 0 Å². The van der Waals surface area contributed by atoms with Gasteiger partial charge in [-0.2, -0.15) is 10.2 Å². The van der Waals surface area contributed by atoms with Crippen molar-refractivity contribution in [1.29, 1.82) is 5.26 Å². The summed E-state index contributed by atoms with van der Waals surface area (Å²) >= 11 is 0. The third kappa shape index (κ3) is 3.01. The van der Waals surface area contributed by atoms with Crippen LogP contribution >= 0.6 is 0 Å². The Hall–Kier alpha value is -2.55. The highest BCUT2D eigenvalue weighted by atomic mass is 16.5. The van der Waals surface area contributed by atoms with Gasteiger partial charge in [0, 0.05) is 0 Å². The Balaban J connectivity index is 2.16. The van der Waals surface area contributed by atoms with Crippen LogP contribution in [0.4, 0.5) is 0 Å². The van der Waals surface area contributed by atoms with E-state index in [4.69, 9.17) is 19.3 Å². The second kappa shape index (κ2) is 5.87. The highest BCUT2D eigenvalue weighted by Crippen LogP contribution is 2.28. The van der Waals surface area contributed by atoms with Crippen LogP contribution in [0.5, 0.6) is 11.5 Å². The van der Waals surface area contributed by atoms with Crippen molar-refractivity contribution in [2.75, 3.05) is 14.2 Å². The molecular weight excluding hydrogens is 246 g/mol. The Labute approximate surface area is 110 Å². The molecule has 98 valence electrons. The molecule has 6 heteroatoms. The fourth-order valence-corrected chi connectivity index (χ4v) is 1.67. The van der Waals surface area contributed by atoms with Crippen LogP contribution in [0.15, 0.2) is 22.7 Å². The number of hydrogen-bond donors (Lipinski definition) is 0. The SMILES string of the molecule is COc1ccc(Cc2nc(CC#N)no2)cc1OC. The zero-order chi connectivity index (χ0) is 13.7. The lowest BCUT2D eigenvalue weighted by atomic mass is 10.1. The van der Waals surface area contributed by atoms with E-state index in [1.165, 1.54) is 0 Å². The van der Waals surface area contributed by atoms with Gasteiger partial charge in [0.2, 0.25) is 5.89 Å². The van der Waals surface area contributed by atoms with Crippen molar-refractivity contribution < 1.29 is 14.0 Å². The van der Waals surface area contributed by atoms with Crippen LogP contribution < -0.4 is 9.47 Å². The second-order valence-electron chi connectivity index (χ2n) is 3.81. The molecule has 0 spiro atoms. The number of rotatable bonds is 5. The zero-order valence-electron chi connectivity index (χ0n) is 10.7. The molecule has 0 unspecified atom stereocenters. The summed E-state index contributed by atoms with van der Waals surface area (Å²) < 4.78 is 15.5. The van der Waals surface area contributed by atoms with Gasteiger partial charge in [-0.25, -0.2) is 0 Å². The highest BCUT2D eigenvalue weighted by molar-refractivity contribution is 5.43. The van der Waals surface area contributed by atoms with Crippen molar-refractivity contribution in [3.8, 4) is 17.6 Å². The summed E-state index contributed by atoms with van der Waals surface area (Å²) in [5, 5.41) is 12.3. The van der Waals surface area contributed by atoms with Gasteiger partial charge in [0.05, 0.1) is 33.1 Å². The minimum absolute atomic E-state index is 0.148. The largest absolute Gasteiger partial charge is 0.493 e. The average molecular weight is 259 g/mol. The topological polar surface area (TPSA) is 81.2 Å². The zero-order valence-corrected chi connectivity index (χ0v) is 10.7. The van der Waals surface area contributed by atoms with Crippen molar-refractivity contribution in [3.63, 3.8) is 0 Å². The van der Waals surface area contributed by atoms with Crippen molar-refractivity contribution in [3.05, 3.63) is 35.5 Å². The standard InChI is InChI=1S/C13H13N3O3/c1-17-10-4-3-9(7-11(10)18-2)8-13-15-12(5-6-14)16-19-13/h3-4,7H,5,8H2,1-2H3. The maximum atomic E-state index is 8.54. The van der Waals surface area contributed by atoms with Crippen LogP contribution in [0.25, 0.3) is 0 Å². The molecule has 2 aromatic rings. The minimum Gasteiger partial charge on any atom is -0.493 e. The van der Waals surface area contributed by atoms with E-state index in [0.717, 1.165) is 5.56 Å². The summed E-state index contributed by atoms with van der Waals surface area (Å²) in [5.74, 6) is 2.19. The fraction of sp³-hybridized carbons (Fsp3) is 0.308. The molecule has 0 aliphatic heterocycles. The van der Waals surface area contributed by atoms with Crippen molar-refractivity contribution in [1.82, 2.24) is 10.1 Å². The molecule has 0 aliphatic rings. The summed E-state index contributed by atoms with van der Waals surface area (Å²) in [6.45, 7) is 0. The van der Waals surface area contributed by atoms with Crippen LogP contribution in [0.2, 0.25) is 0 Å². The van der Waals surface area contributed by atoms with Crippen molar-refractivity contribution in [2.45, 2.75) is 12.8 Å². The van der Waals surface area contributed by atoms with E-state index in [1.54, 1.807) is 14.2 Å². The molecule has 0 radical (unpaired) electrons. The number of benzene rings is 1. The van der Waals surface area contributed by atoms with Gasteiger partial charge < -0.3 is 14.0 Å². The summed E-state index contributed by atoms with van der Waals surface area (Å²) in [7, 11) is 3.17. The molecule has 0 saturated carbocycles. The molecule has 1 heterocycles. The van der Waals surface area contributed by atoms with Crippen LogP contribution in [0, 0.1) is 11.3 Å². The number of methoxy groups -OCH3 is 2. The summed E-state index contributed by atoms with van der Waals surface area (Å²) in [6, 6.07) is 7.55. The summed E-state index contributed by atoms with van der Waals surface area (Å²) in [4.78, 5) is 4.12. The molecule has 1 aromatic heterocycles. The Morgan fingerprint density at radius 1 is 1.26 bits per heavy atom. The van der Waals surface area contributed by atoms with E-state index in [-0.39, 0.29) is 6.42 Å². The van der Waals surface area contributed by atoms with Gasteiger partial charge in [0.1, 0.15) is 0 Å². The van der Waals surface area contributed by atoms with E-state index in [1.807, 2.05) is 24.3 Å². The van der Waals surface area contributed by atoms with Crippen molar-refractivity contribution in [2.24, 2.45) is 0 Å². The third-order valence-electron chi connectivity index (χ3n) is 2.55. The molecule has 2 rings (SSSR count). The molecule has 1 aromatic carbocycles. The predicted molar refractivity (Wildman–Crippen MR) is 66.0 cm³/mol. The number of ether oxygens (including phenoxy) is 2. The van der Waals surface area contributed by atoms with Crippen LogP contribution in [0.1, 0.15) is 17.3 Å². The predicted octanol–water partition coefficient (Wildman–Crippen LogP) is 1.74. The first-order valence-corrected chi connectivity index (χ1v) is 5.66. The van der Waals surface area contributed by atoms with E-state index < -0.39 is 0 Å². The molecule has 6 nitrogen and oxygen atoms in total. The van der Waals surface area contributed by atoms with Gasteiger partial charge in [0.25, 0.3) is 0 Å². The molecule has 0 bridgehead atoms. The maximum absolute atomic E-state index is 8.54. The normalized spacial score (nSPS) is 9.95. The van der Waals surface area contributed by atoms with Gasteiger partial charge in [-0.1, -0.05) is 11.2 Å². The lowest BCUT2D eigenvalue weighted by molar-refractivity contribution is 0.354. The molecule has 0 atom stereocenters. The van der Waals surface area contributed by atoms with Crippen LogP contribution in [-0.4, -0.2) is 24.4 Å². The first-order chi connectivity index (χ1) is 9.26. The highest BCUT2D eigenvalue weighted by Gasteiger charge is 2.09. The van der Waals surface area contributed by atoms with E-state index in [2.05, 4.69) is 10.1 Å². The number of nitrogens with zero attached hydrogens (tertiary/aromatic N) is 3. The quantitative estimate of drug-likeness (QED) is 0.813. The number of aromatic nitrogens is 2. The van der Waals surface area contributed by atoms with E-state index in [0.29, 0.717) is 29.6 Å². The maximum Gasteiger partial charge on any atom is 0.231 e. The molecule has 0 fully saturated rings. The Kier molecular flexibility index (Phi) is 3.98. The molecular formula is C13H13N3O3. The fourth-order valence-electron chi connectivity index (χ4n) is 1.67. The first kappa shape index (κ1) is 12.9. The number of hydrogen-bond acceptors (Lipinski definition) is 6. The Bertz CT molecular complexity index is 601. The molecule has 0 saturated heterocycles. The Morgan fingerprint density at radius 3 is 2.74 bits per heavy atom. The van der Waals surface area contributed by atoms with Gasteiger partial charge in [-0.05, 0) is 17.7 Å². The molecule has 19 heavy (non-hydrogen) atoms. The van der Waals surface area contributed by atoms with Gasteiger partial charge >= 0.3 is 0 Å². The monoisotopic (exact) mass is 259 g/mol.